The number of piperidine rings is 2. The fourth-order valence-electron chi connectivity index (χ4n) is 7.10. The first kappa shape index (κ1) is 32.6. The minimum atomic E-state index is -2.98. The zero-order valence-corrected chi connectivity index (χ0v) is 29.2. The summed E-state index contributed by atoms with van der Waals surface area (Å²) in [5, 5.41) is 7.32. The Morgan fingerprint density at radius 2 is 1.78 bits per heavy atom. The number of carbonyl (C=O) groups is 2. The topological polar surface area (TPSA) is 105 Å². The number of hydrogen-bond donors (Lipinski definition) is 2. The number of fused-ring (bicyclic) bond motifs is 2. The molecule has 3 aromatic carbocycles. The summed E-state index contributed by atoms with van der Waals surface area (Å²) in [4.78, 5) is 30.2. The third kappa shape index (κ3) is 6.72. The molecule has 2 fully saturated rings. The molecule has 12 heteroatoms. The van der Waals surface area contributed by atoms with Gasteiger partial charge in [0.25, 0.3) is 0 Å². The molecular formula is C33H34Cl2IN3O5S. The van der Waals surface area contributed by atoms with Crippen molar-refractivity contribution < 1.29 is 22.7 Å². The van der Waals surface area contributed by atoms with Crippen LogP contribution in [0.5, 0.6) is 5.75 Å². The molecule has 3 heterocycles. The van der Waals surface area contributed by atoms with Crippen molar-refractivity contribution in [2.24, 2.45) is 0 Å². The van der Waals surface area contributed by atoms with Gasteiger partial charge < -0.3 is 20.3 Å². The number of anilines is 1. The van der Waals surface area contributed by atoms with E-state index in [1.165, 1.54) is 6.26 Å². The lowest BCUT2D eigenvalue weighted by molar-refractivity contribution is -0.131. The quantitative estimate of drug-likeness (QED) is 0.268. The molecule has 1 unspecified atom stereocenters. The highest BCUT2D eigenvalue weighted by molar-refractivity contribution is 14.1. The second-order valence-electron chi connectivity index (χ2n) is 12.1. The lowest BCUT2D eigenvalue weighted by Crippen LogP contribution is -2.57. The Hall–Kier alpha value is -2.38. The van der Waals surface area contributed by atoms with Gasteiger partial charge in [-0.3, -0.25) is 9.59 Å². The molecule has 238 valence electrons. The molecule has 3 atom stereocenters. The molecule has 0 bridgehead atoms. The number of sulfone groups is 1. The van der Waals surface area contributed by atoms with Gasteiger partial charge in [-0.1, -0.05) is 41.4 Å². The average Bonchev–Trinajstić information content (AvgIpc) is 3.26. The summed E-state index contributed by atoms with van der Waals surface area (Å²) >= 11 is 15.1. The molecule has 6 rings (SSSR count). The van der Waals surface area contributed by atoms with E-state index in [0.29, 0.717) is 27.9 Å². The Kier molecular flexibility index (Phi) is 9.42. The summed E-state index contributed by atoms with van der Waals surface area (Å²) < 4.78 is 30.7. The summed E-state index contributed by atoms with van der Waals surface area (Å²) in [5.74, 6) is -0.0977. The van der Waals surface area contributed by atoms with Crippen LogP contribution in [-0.2, 0) is 24.8 Å². The van der Waals surface area contributed by atoms with E-state index in [1.54, 1.807) is 18.2 Å². The minimum Gasteiger partial charge on any atom is -0.490 e. The number of nitrogens with one attached hydrogen (secondary N) is 2. The molecule has 2 amide bonds. The fraction of sp³-hybridized carbons (Fsp3) is 0.394. The van der Waals surface area contributed by atoms with Gasteiger partial charge >= 0.3 is 0 Å². The predicted octanol–water partition coefficient (Wildman–Crippen LogP) is 6.11. The first-order valence-corrected chi connectivity index (χ1v) is 18.9. The SMILES string of the molecule is CS(=O)(=O)CCCN1CCC(Oc2ccc(I)cc2[C@H]2NC(=O)C[C@@H](c3cccc(Cl)c3)C23C(=O)Nc2cc(Cl)ccc23)CC1. The van der Waals surface area contributed by atoms with E-state index in [2.05, 4.69) is 38.1 Å². The highest BCUT2D eigenvalue weighted by atomic mass is 127. The number of rotatable bonds is 8. The zero-order valence-electron chi connectivity index (χ0n) is 24.7. The second kappa shape index (κ2) is 13.0. The lowest BCUT2D eigenvalue weighted by atomic mass is 9.59. The van der Waals surface area contributed by atoms with Crippen LogP contribution in [0.3, 0.4) is 0 Å². The monoisotopic (exact) mass is 781 g/mol. The van der Waals surface area contributed by atoms with Gasteiger partial charge in [0, 0.05) is 56.6 Å². The Balaban J connectivity index is 1.37. The van der Waals surface area contributed by atoms with E-state index in [-0.39, 0.29) is 30.1 Å². The largest absolute Gasteiger partial charge is 0.490 e. The summed E-state index contributed by atoms with van der Waals surface area (Å²) in [6.07, 6.45) is 3.46. The van der Waals surface area contributed by atoms with Crippen molar-refractivity contribution in [2.45, 2.75) is 49.2 Å². The smallest absolute Gasteiger partial charge is 0.238 e. The number of nitrogens with zero attached hydrogens (tertiary/aromatic N) is 1. The van der Waals surface area contributed by atoms with Crippen molar-refractivity contribution in [3.05, 3.63) is 91.0 Å². The maximum atomic E-state index is 14.4. The lowest BCUT2D eigenvalue weighted by Gasteiger charge is -2.47. The van der Waals surface area contributed by atoms with E-state index < -0.39 is 27.2 Å². The minimum absolute atomic E-state index is 0.0718. The average molecular weight is 783 g/mol. The normalized spacial score (nSPS) is 23.9. The molecular weight excluding hydrogens is 748 g/mol. The Morgan fingerprint density at radius 1 is 1.02 bits per heavy atom. The van der Waals surface area contributed by atoms with Crippen molar-refractivity contribution in [3.8, 4) is 5.75 Å². The number of ether oxygens (including phenoxy) is 1. The van der Waals surface area contributed by atoms with Crippen molar-refractivity contribution in [1.82, 2.24) is 10.2 Å². The summed E-state index contributed by atoms with van der Waals surface area (Å²) in [7, 11) is -2.98. The van der Waals surface area contributed by atoms with Crippen molar-refractivity contribution in [1.29, 1.82) is 0 Å². The highest BCUT2D eigenvalue weighted by Crippen LogP contribution is 2.58. The summed E-state index contributed by atoms with van der Waals surface area (Å²) in [6, 6.07) is 17.9. The van der Waals surface area contributed by atoms with Gasteiger partial charge in [-0.15, -0.1) is 0 Å². The molecule has 3 aliphatic heterocycles. The predicted molar refractivity (Wildman–Crippen MR) is 185 cm³/mol. The number of likely N-dealkylation sites (tertiary alicyclic amines) is 1. The molecule has 0 aliphatic carbocycles. The molecule has 1 spiro atoms. The van der Waals surface area contributed by atoms with Gasteiger partial charge in [0.05, 0.1) is 11.8 Å². The molecule has 8 nitrogen and oxygen atoms in total. The molecule has 3 aromatic rings. The Morgan fingerprint density at radius 3 is 2.51 bits per heavy atom. The molecule has 2 N–H and O–H groups in total. The molecule has 0 aromatic heterocycles. The van der Waals surface area contributed by atoms with Crippen LogP contribution in [0, 0.1) is 3.57 Å². The first-order valence-electron chi connectivity index (χ1n) is 15.0. The van der Waals surface area contributed by atoms with Gasteiger partial charge in [-0.05, 0) is 102 Å². The Labute approximate surface area is 287 Å². The molecule has 0 radical (unpaired) electrons. The molecule has 45 heavy (non-hydrogen) atoms. The van der Waals surface area contributed by atoms with E-state index in [0.717, 1.165) is 52.7 Å². The van der Waals surface area contributed by atoms with E-state index in [4.69, 9.17) is 27.9 Å². The third-order valence-electron chi connectivity index (χ3n) is 9.10. The zero-order chi connectivity index (χ0) is 31.9. The van der Waals surface area contributed by atoms with Crippen molar-refractivity contribution in [2.75, 3.05) is 37.0 Å². The standard InChI is InChI=1S/C33H34Cl2IN3O5S/c1-45(42,43)15-3-12-39-13-10-24(11-14-39)44-29-9-7-23(36)18-25(29)31-33(26-8-6-22(35)17-28(26)37-32(33)41)27(19-30(40)38-31)20-4-2-5-21(34)16-20/h2,4-9,16-18,24,27,31H,3,10-15,19H2,1H3,(H,37,41)(H,38,40)/t27-,31+,33?/m0/s1. The van der Waals surface area contributed by atoms with Crippen LogP contribution in [0.15, 0.2) is 60.7 Å². The second-order valence-corrected chi connectivity index (χ2v) is 16.5. The summed E-state index contributed by atoms with van der Waals surface area (Å²) in [5.41, 5.74) is 1.72. The van der Waals surface area contributed by atoms with Gasteiger partial charge in [0.1, 0.15) is 27.1 Å². The van der Waals surface area contributed by atoms with Crippen LogP contribution in [0.4, 0.5) is 5.69 Å². The van der Waals surface area contributed by atoms with Crippen LogP contribution in [0.25, 0.3) is 0 Å². The van der Waals surface area contributed by atoms with Gasteiger partial charge in [-0.25, -0.2) is 8.42 Å². The summed E-state index contributed by atoms with van der Waals surface area (Å²) in [6.45, 7) is 2.33. The maximum Gasteiger partial charge on any atom is 0.238 e. The molecule has 3 aliphatic rings. The van der Waals surface area contributed by atoms with Gasteiger partial charge in [-0.2, -0.15) is 0 Å². The molecule has 2 saturated heterocycles. The van der Waals surface area contributed by atoms with Crippen molar-refractivity contribution in [3.63, 3.8) is 0 Å². The maximum absolute atomic E-state index is 14.4. The third-order valence-corrected chi connectivity index (χ3v) is 11.3. The van der Waals surface area contributed by atoms with E-state index >= 15 is 0 Å². The number of benzene rings is 3. The van der Waals surface area contributed by atoms with Crippen molar-refractivity contribution >= 4 is 73.1 Å². The van der Waals surface area contributed by atoms with Gasteiger partial charge in [0.15, 0.2) is 0 Å². The van der Waals surface area contributed by atoms with Crippen LogP contribution in [-0.4, -0.2) is 62.9 Å². The highest BCUT2D eigenvalue weighted by Gasteiger charge is 2.61. The Bertz CT molecular complexity index is 1750. The number of carbonyl (C=O) groups excluding carboxylic acids is 2. The number of amides is 2. The van der Waals surface area contributed by atoms with Crippen LogP contribution in [0.1, 0.15) is 54.3 Å². The first-order chi connectivity index (χ1) is 21.4. The van der Waals surface area contributed by atoms with Crippen LogP contribution >= 0.6 is 45.8 Å². The van der Waals surface area contributed by atoms with Gasteiger partial charge in [0.2, 0.25) is 11.8 Å². The van der Waals surface area contributed by atoms with E-state index in [9.17, 15) is 18.0 Å². The fourth-order valence-corrected chi connectivity index (χ4v) is 8.64. The van der Waals surface area contributed by atoms with E-state index in [1.807, 2.05) is 42.5 Å². The molecule has 0 saturated carbocycles. The number of halogens is 3. The number of hydrogen-bond acceptors (Lipinski definition) is 6. The van der Waals surface area contributed by atoms with Crippen LogP contribution in [0.2, 0.25) is 10.0 Å². The van der Waals surface area contributed by atoms with Crippen LogP contribution < -0.4 is 15.4 Å².